The Morgan fingerprint density at radius 2 is 2.05 bits per heavy atom. The van der Waals surface area contributed by atoms with Gasteiger partial charge in [-0.25, -0.2) is 4.98 Å². The van der Waals surface area contributed by atoms with Crippen molar-refractivity contribution in [3.63, 3.8) is 0 Å². The molecule has 0 saturated heterocycles. The lowest BCUT2D eigenvalue weighted by molar-refractivity contribution is 0.779. The molecule has 2 heterocycles. The molecule has 5 nitrogen and oxygen atoms in total. The first-order valence-electron chi connectivity index (χ1n) is 5.63. The van der Waals surface area contributed by atoms with E-state index in [2.05, 4.69) is 15.3 Å². The third kappa shape index (κ3) is 2.00. The SMILES string of the molecule is Cc1c(C#N)nnn1-c1nc(-c2ccccc2)cs1. The fraction of sp³-hybridized carbons (Fsp3) is 0.0769. The van der Waals surface area contributed by atoms with Crippen molar-refractivity contribution in [2.75, 3.05) is 0 Å². The van der Waals surface area contributed by atoms with Crippen LogP contribution >= 0.6 is 11.3 Å². The van der Waals surface area contributed by atoms with Crippen molar-refractivity contribution in [1.82, 2.24) is 20.0 Å². The highest BCUT2D eigenvalue weighted by atomic mass is 32.1. The molecule has 2 aromatic heterocycles. The highest BCUT2D eigenvalue weighted by Crippen LogP contribution is 2.24. The van der Waals surface area contributed by atoms with Gasteiger partial charge in [-0.1, -0.05) is 35.5 Å². The van der Waals surface area contributed by atoms with Gasteiger partial charge in [0.1, 0.15) is 6.07 Å². The molecule has 0 atom stereocenters. The number of thiazole rings is 1. The number of hydrogen-bond acceptors (Lipinski definition) is 5. The van der Waals surface area contributed by atoms with Crippen molar-refractivity contribution in [3.8, 4) is 22.5 Å². The zero-order valence-corrected chi connectivity index (χ0v) is 10.9. The highest BCUT2D eigenvalue weighted by molar-refractivity contribution is 7.12. The first-order chi connectivity index (χ1) is 9.29. The molecule has 0 aliphatic heterocycles. The van der Waals surface area contributed by atoms with E-state index in [0.717, 1.165) is 11.3 Å². The molecule has 0 amide bonds. The van der Waals surface area contributed by atoms with Crippen LogP contribution in [0.2, 0.25) is 0 Å². The zero-order valence-electron chi connectivity index (χ0n) is 10.1. The van der Waals surface area contributed by atoms with Crippen molar-refractivity contribution in [1.29, 1.82) is 5.26 Å². The molecule has 92 valence electrons. The van der Waals surface area contributed by atoms with Crippen LogP contribution in [-0.4, -0.2) is 20.0 Å². The van der Waals surface area contributed by atoms with Gasteiger partial charge in [-0.05, 0) is 6.92 Å². The molecule has 19 heavy (non-hydrogen) atoms. The molecular weight excluding hydrogens is 258 g/mol. The predicted molar refractivity (Wildman–Crippen MR) is 71.9 cm³/mol. The summed E-state index contributed by atoms with van der Waals surface area (Å²) in [5.41, 5.74) is 2.99. The summed E-state index contributed by atoms with van der Waals surface area (Å²) in [5.74, 6) is 0. The third-order valence-electron chi connectivity index (χ3n) is 2.74. The van der Waals surface area contributed by atoms with E-state index in [9.17, 15) is 0 Å². The summed E-state index contributed by atoms with van der Waals surface area (Å²) in [7, 11) is 0. The first kappa shape index (κ1) is 11.6. The van der Waals surface area contributed by atoms with Gasteiger partial charge in [-0.15, -0.1) is 16.4 Å². The lowest BCUT2D eigenvalue weighted by Gasteiger charge is -1.97. The van der Waals surface area contributed by atoms with Crippen molar-refractivity contribution in [2.24, 2.45) is 0 Å². The van der Waals surface area contributed by atoms with Gasteiger partial charge in [-0.3, -0.25) is 0 Å². The minimum atomic E-state index is 0.330. The van der Waals surface area contributed by atoms with Crippen molar-refractivity contribution >= 4 is 11.3 Å². The predicted octanol–water partition coefficient (Wildman–Crippen LogP) is 2.57. The van der Waals surface area contributed by atoms with Crippen molar-refractivity contribution < 1.29 is 0 Å². The van der Waals surface area contributed by atoms with E-state index in [1.54, 1.807) is 4.68 Å². The summed E-state index contributed by atoms with van der Waals surface area (Å²) in [6, 6.07) is 11.9. The molecule has 0 unspecified atom stereocenters. The summed E-state index contributed by atoms with van der Waals surface area (Å²) in [4.78, 5) is 4.53. The van der Waals surface area contributed by atoms with Crippen LogP contribution in [0.4, 0.5) is 0 Å². The fourth-order valence-electron chi connectivity index (χ4n) is 1.72. The Balaban J connectivity index is 2.02. The average molecular weight is 267 g/mol. The number of benzene rings is 1. The Labute approximate surface area is 113 Å². The van der Waals surface area contributed by atoms with E-state index in [1.165, 1.54) is 11.3 Å². The molecule has 0 aliphatic rings. The quantitative estimate of drug-likeness (QED) is 0.715. The van der Waals surface area contributed by atoms with Crippen LogP contribution in [0.3, 0.4) is 0 Å². The first-order valence-corrected chi connectivity index (χ1v) is 6.51. The summed E-state index contributed by atoms with van der Waals surface area (Å²) < 4.78 is 1.59. The van der Waals surface area contributed by atoms with Crippen LogP contribution in [0.15, 0.2) is 35.7 Å². The molecule has 0 aliphatic carbocycles. The van der Waals surface area contributed by atoms with Crippen LogP contribution in [-0.2, 0) is 0 Å². The summed E-state index contributed by atoms with van der Waals surface area (Å²) >= 11 is 1.48. The van der Waals surface area contributed by atoms with Crippen LogP contribution in [0.25, 0.3) is 16.4 Å². The van der Waals surface area contributed by atoms with Gasteiger partial charge in [0, 0.05) is 10.9 Å². The summed E-state index contributed by atoms with van der Waals surface area (Å²) in [5, 5.41) is 19.3. The third-order valence-corrected chi connectivity index (χ3v) is 3.56. The number of nitrogens with zero attached hydrogens (tertiary/aromatic N) is 5. The van der Waals surface area contributed by atoms with Gasteiger partial charge in [0.15, 0.2) is 5.69 Å². The van der Waals surface area contributed by atoms with Gasteiger partial charge in [0.05, 0.1) is 11.4 Å². The molecular formula is C13H9N5S. The number of hydrogen-bond donors (Lipinski definition) is 0. The topological polar surface area (TPSA) is 67.4 Å². The Kier molecular flexibility index (Phi) is 2.82. The van der Waals surface area contributed by atoms with Crippen LogP contribution in [0, 0.1) is 18.3 Å². The molecule has 0 saturated carbocycles. The summed E-state index contributed by atoms with van der Waals surface area (Å²) in [6.45, 7) is 1.81. The second-order valence-electron chi connectivity index (χ2n) is 3.93. The molecule has 3 rings (SSSR count). The molecule has 3 aromatic rings. The Morgan fingerprint density at radius 1 is 1.26 bits per heavy atom. The molecule has 1 aromatic carbocycles. The molecule has 6 heteroatoms. The van der Waals surface area contributed by atoms with Crippen LogP contribution in [0.5, 0.6) is 0 Å². The number of nitriles is 1. The molecule has 0 bridgehead atoms. The van der Waals surface area contributed by atoms with Gasteiger partial charge in [-0.2, -0.15) is 9.94 Å². The minimum absolute atomic E-state index is 0.330. The zero-order chi connectivity index (χ0) is 13.2. The monoisotopic (exact) mass is 267 g/mol. The second-order valence-corrected chi connectivity index (χ2v) is 4.76. The highest BCUT2D eigenvalue weighted by Gasteiger charge is 2.13. The standard InChI is InChI=1S/C13H9N5S/c1-9-11(7-14)16-17-18(9)13-15-12(8-19-13)10-5-3-2-4-6-10/h2-6,8H,1H3. The molecule has 0 spiro atoms. The fourth-order valence-corrected chi connectivity index (χ4v) is 2.55. The average Bonchev–Trinajstić information content (AvgIpc) is 3.06. The van der Waals surface area contributed by atoms with Gasteiger partial charge >= 0.3 is 0 Å². The largest absolute Gasteiger partial charge is 0.218 e. The van der Waals surface area contributed by atoms with Gasteiger partial charge < -0.3 is 0 Å². The van der Waals surface area contributed by atoms with E-state index in [0.29, 0.717) is 16.5 Å². The lowest BCUT2D eigenvalue weighted by atomic mass is 10.2. The maximum Gasteiger partial charge on any atom is 0.212 e. The van der Waals surface area contributed by atoms with Crippen LogP contribution < -0.4 is 0 Å². The number of aromatic nitrogens is 4. The maximum atomic E-state index is 8.88. The van der Waals surface area contributed by atoms with Gasteiger partial charge in [0.2, 0.25) is 5.13 Å². The summed E-state index contributed by atoms with van der Waals surface area (Å²) in [6.07, 6.45) is 0. The Bertz CT molecular complexity index is 751. The van der Waals surface area contributed by atoms with Crippen molar-refractivity contribution in [2.45, 2.75) is 6.92 Å². The Morgan fingerprint density at radius 3 is 2.74 bits per heavy atom. The van der Waals surface area contributed by atoms with E-state index >= 15 is 0 Å². The molecule has 0 N–H and O–H groups in total. The minimum Gasteiger partial charge on any atom is -0.218 e. The van der Waals surface area contributed by atoms with E-state index < -0.39 is 0 Å². The molecule has 0 radical (unpaired) electrons. The maximum absolute atomic E-state index is 8.88. The lowest BCUT2D eigenvalue weighted by Crippen LogP contribution is -1.98. The van der Waals surface area contributed by atoms with Crippen LogP contribution in [0.1, 0.15) is 11.4 Å². The van der Waals surface area contributed by atoms with E-state index in [4.69, 9.17) is 5.26 Å². The van der Waals surface area contributed by atoms with Crippen molar-refractivity contribution in [3.05, 3.63) is 47.1 Å². The Hall–Kier alpha value is -2.52. The van der Waals surface area contributed by atoms with Gasteiger partial charge in [0.25, 0.3) is 0 Å². The smallest absolute Gasteiger partial charge is 0.212 e. The molecule has 0 fully saturated rings. The van der Waals surface area contributed by atoms with E-state index in [1.807, 2.05) is 48.7 Å². The van der Waals surface area contributed by atoms with E-state index in [-0.39, 0.29) is 0 Å². The second kappa shape index (κ2) is 4.63. The normalized spacial score (nSPS) is 10.3. The number of rotatable bonds is 2.